The predicted octanol–water partition coefficient (Wildman–Crippen LogP) is 3.64. The van der Waals surface area contributed by atoms with Gasteiger partial charge in [0.05, 0.1) is 0 Å². The van der Waals surface area contributed by atoms with E-state index in [1.54, 1.807) is 0 Å². The first-order chi connectivity index (χ1) is 13.7. The van der Waals surface area contributed by atoms with Crippen LogP contribution in [0.1, 0.15) is 35.9 Å². The second kappa shape index (κ2) is 6.67. The standard InChI is InChI=1S/C21H19N3O4/c1-13-2-4-14(5-3-13)11-24-16(7-9-19(24)25)21-22-20(23-28-21)15-6-8-17-18(10-15)27-12-26-17/h2-6,8,10,16H,7,9,11-12H2,1H3. The first-order valence-corrected chi connectivity index (χ1v) is 9.26. The molecule has 0 saturated carbocycles. The number of carbonyl (C=O) groups is 1. The lowest BCUT2D eigenvalue weighted by Gasteiger charge is -2.22. The Morgan fingerprint density at radius 2 is 1.93 bits per heavy atom. The number of likely N-dealkylation sites (tertiary alicyclic amines) is 1. The van der Waals surface area contributed by atoms with E-state index in [0.717, 1.165) is 11.1 Å². The minimum atomic E-state index is -0.205. The third-order valence-corrected chi connectivity index (χ3v) is 5.16. The Morgan fingerprint density at radius 3 is 2.79 bits per heavy atom. The van der Waals surface area contributed by atoms with Crippen LogP contribution in [0.25, 0.3) is 11.4 Å². The molecule has 28 heavy (non-hydrogen) atoms. The number of amides is 1. The topological polar surface area (TPSA) is 77.7 Å². The maximum Gasteiger partial charge on any atom is 0.249 e. The van der Waals surface area contributed by atoms with Gasteiger partial charge in [-0.1, -0.05) is 35.0 Å². The summed E-state index contributed by atoms with van der Waals surface area (Å²) in [5.41, 5.74) is 3.06. The Morgan fingerprint density at radius 1 is 1.11 bits per heavy atom. The van der Waals surface area contributed by atoms with Gasteiger partial charge >= 0.3 is 0 Å². The van der Waals surface area contributed by atoms with Crippen molar-refractivity contribution in [3.8, 4) is 22.9 Å². The van der Waals surface area contributed by atoms with Crippen LogP contribution in [-0.2, 0) is 11.3 Å². The summed E-state index contributed by atoms with van der Waals surface area (Å²) in [5, 5.41) is 4.11. The van der Waals surface area contributed by atoms with Crippen molar-refractivity contribution >= 4 is 5.91 Å². The van der Waals surface area contributed by atoms with Crippen LogP contribution in [0.2, 0.25) is 0 Å². The molecule has 0 N–H and O–H groups in total. The Balaban J connectivity index is 1.39. The lowest BCUT2D eigenvalue weighted by atomic mass is 10.1. The van der Waals surface area contributed by atoms with Crippen LogP contribution in [0.15, 0.2) is 47.0 Å². The van der Waals surface area contributed by atoms with Crippen molar-refractivity contribution in [2.45, 2.75) is 32.4 Å². The van der Waals surface area contributed by atoms with E-state index >= 15 is 0 Å². The van der Waals surface area contributed by atoms with Gasteiger partial charge < -0.3 is 18.9 Å². The minimum Gasteiger partial charge on any atom is -0.454 e. The zero-order chi connectivity index (χ0) is 19.1. The molecule has 3 heterocycles. The number of fused-ring (bicyclic) bond motifs is 1. The molecule has 142 valence electrons. The average Bonchev–Trinajstić information content (AvgIpc) is 3.43. The number of benzene rings is 2. The molecule has 1 amide bonds. The zero-order valence-corrected chi connectivity index (χ0v) is 15.4. The van der Waals surface area contributed by atoms with Crippen LogP contribution in [0.3, 0.4) is 0 Å². The molecule has 1 fully saturated rings. The Kier molecular flexibility index (Phi) is 4.00. The van der Waals surface area contributed by atoms with E-state index in [1.165, 1.54) is 5.56 Å². The van der Waals surface area contributed by atoms with E-state index in [0.29, 0.717) is 42.6 Å². The first kappa shape index (κ1) is 16.8. The van der Waals surface area contributed by atoms with E-state index in [2.05, 4.69) is 22.3 Å². The fraction of sp³-hybridized carbons (Fsp3) is 0.286. The maximum absolute atomic E-state index is 12.4. The largest absolute Gasteiger partial charge is 0.454 e. The summed E-state index contributed by atoms with van der Waals surface area (Å²) in [6.45, 7) is 2.80. The van der Waals surface area contributed by atoms with E-state index in [9.17, 15) is 4.79 Å². The van der Waals surface area contributed by atoms with Gasteiger partial charge in [-0.2, -0.15) is 4.98 Å². The van der Waals surface area contributed by atoms with E-state index in [-0.39, 0.29) is 18.7 Å². The summed E-state index contributed by atoms with van der Waals surface area (Å²) in [5.74, 6) is 2.42. The summed E-state index contributed by atoms with van der Waals surface area (Å²) in [4.78, 5) is 18.8. The number of rotatable bonds is 4. The quantitative estimate of drug-likeness (QED) is 0.691. The number of carbonyl (C=O) groups excluding carboxylic acids is 1. The van der Waals surface area contributed by atoms with Crippen molar-refractivity contribution in [3.63, 3.8) is 0 Å². The summed E-state index contributed by atoms with van der Waals surface area (Å²) in [6.07, 6.45) is 1.16. The molecule has 1 atom stereocenters. The monoisotopic (exact) mass is 377 g/mol. The molecule has 3 aromatic rings. The highest BCUT2D eigenvalue weighted by Gasteiger charge is 2.36. The number of aryl methyl sites for hydroxylation is 1. The number of ether oxygens (including phenoxy) is 2. The molecule has 7 nitrogen and oxygen atoms in total. The highest BCUT2D eigenvalue weighted by Crippen LogP contribution is 2.37. The average molecular weight is 377 g/mol. The number of nitrogens with zero attached hydrogens (tertiary/aromatic N) is 3. The summed E-state index contributed by atoms with van der Waals surface area (Å²) in [7, 11) is 0. The van der Waals surface area contributed by atoms with Gasteiger partial charge in [0.25, 0.3) is 0 Å². The highest BCUT2D eigenvalue weighted by molar-refractivity contribution is 5.78. The maximum atomic E-state index is 12.4. The van der Waals surface area contributed by atoms with E-state index in [4.69, 9.17) is 14.0 Å². The van der Waals surface area contributed by atoms with Gasteiger partial charge in [0, 0.05) is 18.5 Å². The van der Waals surface area contributed by atoms with Crippen LogP contribution in [-0.4, -0.2) is 27.7 Å². The molecule has 2 aliphatic heterocycles. The van der Waals surface area contributed by atoms with Crippen LogP contribution >= 0.6 is 0 Å². The molecule has 0 radical (unpaired) electrons. The molecule has 0 aliphatic carbocycles. The van der Waals surface area contributed by atoms with Gasteiger partial charge in [-0.25, -0.2) is 0 Å². The van der Waals surface area contributed by atoms with Gasteiger partial charge in [-0.05, 0) is 37.1 Å². The molecule has 0 spiro atoms. The van der Waals surface area contributed by atoms with Crippen molar-refractivity contribution in [1.29, 1.82) is 0 Å². The van der Waals surface area contributed by atoms with Gasteiger partial charge in [0.15, 0.2) is 11.5 Å². The van der Waals surface area contributed by atoms with Crippen LogP contribution < -0.4 is 9.47 Å². The van der Waals surface area contributed by atoms with Crippen LogP contribution in [0.5, 0.6) is 11.5 Å². The van der Waals surface area contributed by atoms with Crippen molar-refractivity contribution in [3.05, 3.63) is 59.5 Å². The number of hydrogen-bond donors (Lipinski definition) is 0. The van der Waals surface area contributed by atoms with Crippen molar-refractivity contribution in [1.82, 2.24) is 15.0 Å². The molecule has 7 heteroatoms. The second-order valence-electron chi connectivity index (χ2n) is 7.09. The van der Waals surface area contributed by atoms with Crippen molar-refractivity contribution in [2.75, 3.05) is 6.79 Å². The first-order valence-electron chi connectivity index (χ1n) is 9.26. The third kappa shape index (κ3) is 2.98. The van der Waals surface area contributed by atoms with Crippen molar-refractivity contribution < 1.29 is 18.8 Å². The van der Waals surface area contributed by atoms with Gasteiger partial charge in [0.2, 0.25) is 24.4 Å². The SMILES string of the molecule is Cc1ccc(CN2C(=O)CCC2c2nc(-c3ccc4c(c3)OCO4)no2)cc1. The molecule has 1 saturated heterocycles. The molecule has 0 bridgehead atoms. The lowest BCUT2D eigenvalue weighted by Crippen LogP contribution is -2.27. The predicted molar refractivity (Wildman–Crippen MR) is 99.6 cm³/mol. The second-order valence-corrected chi connectivity index (χ2v) is 7.09. The molecule has 2 aromatic carbocycles. The number of aromatic nitrogens is 2. The Labute approximate surface area is 161 Å². The van der Waals surface area contributed by atoms with Gasteiger partial charge in [-0.3, -0.25) is 4.79 Å². The fourth-order valence-corrected chi connectivity index (χ4v) is 3.60. The molecule has 5 rings (SSSR count). The molecule has 2 aliphatic rings. The Bertz CT molecular complexity index is 1030. The molecular formula is C21H19N3O4. The van der Waals surface area contributed by atoms with Gasteiger partial charge in [-0.15, -0.1) is 0 Å². The van der Waals surface area contributed by atoms with E-state index in [1.807, 2.05) is 42.2 Å². The highest BCUT2D eigenvalue weighted by atomic mass is 16.7. The Hall–Kier alpha value is -3.35. The van der Waals surface area contributed by atoms with Crippen molar-refractivity contribution in [2.24, 2.45) is 0 Å². The minimum absolute atomic E-state index is 0.105. The van der Waals surface area contributed by atoms with Crippen LogP contribution in [0, 0.1) is 6.92 Å². The summed E-state index contributed by atoms with van der Waals surface area (Å²) in [6, 6.07) is 13.5. The smallest absolute Gasteiger partial charge is 0.249 e. The normalized spacial score (nSPS) is 18.1. The fourth-order valence-electron chi connectivity index (χ4n) is 3.60. The zero-order valence-electron chi connectivity index (χ0n) is 15.4. The molecular weight excluding hydrogens is 358 g/mol. The molecule has 1 unspecified atom stereocenters. The summed E-state index contributed by atoms with van der Waals surface area (Å²) < 4.78 is 16.3. The van der Waals surface area contributed by atoms with Gasteiger partial charge in [0.1, 0.15) is 6.04 Å². The third-order valence-electron chi connectivity index (χ3n) is 5.16. The molecule has 1 aromatic heterocycles. The summed E-state index contributed by atoms with van der Waals surface area (Å²) >= 11 is 0. The lowest BCUT2D eigenvalue weighted by molar-refractivity contribution is -0.129. The van der Waals surface area contributed by atoms with Crippen LogP contribution in [0.4, 0.5) is 0 Å². The number of hydrogen-bond acceptors (Lipinski definition) is 6. The van der Waals surface area contributed by atoms with E-state index < -0.39 is 0 Å².